The first-order chi connectivity index (χ1) is 12.7. The number of carbonyl (C=O) groups excluding carboxylic acids is 1. The minimum Gasteiger partial charge on any atom is -0.478 e. The van der Waals surface area contributed by atoms with Gasteiger partial charge in [-0.05, 0) is 38.0 Å². The van der Waals surface area contributed by atoms with Crippen molar-refractivity contribution in [1.29, 1.82) is 0 Å². The van der Waals surface area contributed by atoms with Crippen molar-refractivity contribution in [3.8, 4) is 11.3 Å². The molecule has 1 aromatic heterocycles. The summed E-state index contributed by atoms with van der Waals surface area (Å²) in [6.45, 7) is 8.34. The van der Waals surface area contributed by atoms with E-state index in [0.29, 0.717) is 11.5 Å². The number of nitrogens with zero attached hydrogens (tertiary/aromatic N) is 3. The maximum Gasteiger partial charge on any atom is 0.335 e. The molecule has 27 heavy (non-hydrogen) atoms. The highest BCUT2D eigenvalue weighted by molar-refractivity contribution is 5.89. The topological polar surface area (TPSA) is 83.4 Å². The largest absolute Gasteiger partial charge is 0.478 e. The number of carbonyl (C=O) groups is 2. The number of hydrogen-bond acceptors (Lipinski definition) is 4. The Labute approximate surface area is 159 Å². The molecule has 1 N–H and O–H groups in total. The molecule has 1 aliphatic heterocycles. The second-order valence-electron chi connectivity index (χ2n) is 8.02. The fraction of sp³-hybridized carbons (Fsp3) is 0.429. The van der Waals surface area contributed by atoms with Crippen LogP contribution in [-0.2, 0) is 4.79 Å². The summed E-state index contributed by atoms with van der Waals surface area (Å²) in [6.07, 6.45) is 1.81. The van der Waals surface area contributed by atoms with Crippen LogP contribution in [0, 0.1) is 12.3 Å². The summed E-state index contributed by atoms with van der Waals surface area (Å²) in [4.78, 5) is 35.1. The SMILES string of the molecule is Cc1nc(-c2cccc(C(=O)O)c2)cc(C2CCCN2C(=O)C(C)(C)C)n1. The maximum atomic E-state index is 12.8. The summed E-state index contributed by atoms with van der Waals surface area (Å²) >= 11 is 0. The quantitative estimate of drug-likeness (QED) is 0.890. The smallest absolute Gasteiger partial charge is 0.335 e. The van der Waals surface area contributed by atoms with Crippen LogP contribution in [0.25, 0.3) is 11.3 Å². The molecule has 1 saturated heterocycles. The third-order valence-corrected chi connectivity index (χ3v) is 4.76. The summed E-state index contributed by atoms with van der Waals surface area (Å²) in [5.41, 5.74) is 2.00. The van der Waals surface area contributed by atoms with Gasteiger partial charge in [-0.15, -0.1) is 0 Å². The van der Waals surface area contributed by atoms with Crippen LogP contribution in [0.1, 0.15) is 61.5 Å². The zero-order valence-corrected chi connectivity index (χ0v) is 16.2. The fourth-order valence-electron chi connectivity index (χ4n) is 3.47. The molecule has 1 aliphatic rings. The predicted octanol–water partition coefficient (Wildman–Crippen LogP) is 3.86. The first kappa shape index (κ1) is 19.0. The summed E-state index contributed by atoms with van der Waals surface area (Å²) in [6, 6.07) is 8.53. The lowest BCUT2D eigenvalue weighted by Gasteiger charge is -2.30. The van der Waals surface area contributed by atoms with Gasteiger partial charge in [0.15, 0.2) is 0 Å². The number of aromatic carboxylic acids is 1. The van der Waals surface area contributed by atoms with Gasteiger partial charge in [0.1, 0.15) is 5.82 Å². The van der Waals surface area contributed by atoms with Crippen molar-refractivity contribution in [2.75, 3.05) is 6.54 Å². The minimum absolute atomic E-state index is 0.0696. The maximum absolute atomic E-state index is 12.8. The number of likely N-dealkylation sites (tertiary alicyclic amines) is 1. The Morgan fingerprint density at radius 2 is 1.93 bits per heavy atom. The van der Waals surface area contributed by atoms with Gasteiger partial charge in [-0.2, -0.15) is 0 Å². The second-order valence-corrected chi connectivity index (χ2v) is 8.02. The van der Waals surface area contributed by atoms with Crippen LogP contribution in [0.3, 0.4) is 0 Å². The zero-order valence-electron chi connectivity index (χ0n) is 16.2. The first-order valence-corrected chi connectivity index (χ1v) is 9.17. The van der Waals surface area contributed by atoms with E-state index in [1.54, 1.807) is 18.2 Å². The van der Waals surface area contributed by atoms with Gasteiger partial charge >= 0.3 is 5.97 Å². The Morgan fingerprint density at radius 3 is 2.59 bits per heavy atom. The van der Waals surface area contributed by atoms with E-state index in [9.17, 15) is 14.7 Å². The highest BCUT2D eigenvalue weighted by Crippen LogP contribution is 2.35. The van der Waals surface area contributed by atoms with E-state index in [1.165, 1.54) is 0 Å². The van der Waals surface area contributed by atoms with E-state index in [4.69, 9.17) is 0 Å². The molecule has 1 amide bonds. The summed E-state index contributed by atoms with van der Waals surface area (Å²) in [7, 11) is 0. The normalized spacial score (nSPS) is 17.2. The Balaban J connectivity index is 2.00. The lowest BCUT2D eigenvalue weighted by molar-refractivity contribution is -0.140. The van der Waals surface area contributed by atoms with Crippen LogP contribution < -0.4 is 0 Å². The summed E-state index contributed by atoms with van der Waals surface area (Å²) < 4.78 is 0. The molecule has 1 fully saturated rings. The molecule has 0 saturated carbocycles. The zero-order chi connectivity index (χ0) is 19.8. The molecule has 1 atom stereocenters. The second kappa shape index (κ2) is 7.10. The Kier molecular flexibility index (Phi) is 5.00. The molecule has 0 bridgehead atoms. The van der Waals surface area contributed by atoms with Gasteiger partial charge < -0.3 is 10.0 Å². The Hall–Kier alpha value is -2.76. The molecule has 2 aromatic rings. The van der Waals surface area contributed by atoms with Crippen molar-refractivity contribution >= 4 is 11.9 Å². The number of benzene rings is 1. The van der Waals surface area contributed by atoms with E-state index in [2.05, 4.69) is 9.97 Å². The van der Waals surface area contributed by atoms with Gasteiger partial charge in [0, 0.05) is 17.5 Å². The monoisotopic (exact) mass is 367 g/mol. The Morgan fingerprint density at radius 1 is 1.19 bits per heavy atom. The van der Waals surface area contributed by atoms with E-state index < -0.39 is 11.4 Å². The molecule has 6 nitrogen and oxygen atoms in total. The van der Waals surface area contributed by atoms with E-state index in [-0.39, 0.29) is 17.5 Å². The van der Waals surface area contributed by atoms with Gasteiger partial charge in [0.05, 0.1) is 23.0 Å². The summed E-state index contributed by atoms with van der Waals surface area (Å²) in [5.74, 6) is -0.241. The highest BCUT2D eigenvalue weighted by Gasteiger charge is 2.36. The van der Waals surface area contributed by atoms with Crippen molar-refractivity contribution in [3.63, 3.8) is 0 Å². The number of hydrogen-bond donors (Lipinski definition) is 1. The van der Waals surface area contributed by atoms with Gasteiger partial charge in [0.25, 0.3) is 0 Å². The standard InChI is InChI=1S/C21H25N3O3/c1-13-22-16(14-7-5-8-15(11-14)19(25)26)12-17(23-13)18-9-6-10-24(18)20(27)21(2,3)4/h5,7-8,11-12,18H,6,9-10H2,1-4H3,(H,25,26). The number of rotatable bonds is 3. The highest BCUT2D eigenvalue weighted by atomic mass is 16.4. The van der Waals surface area contributed by atoms with Crippen molar-refractivity contribution in [2.45, 2.75) is 46.6 Å². The molecule has 142 valence electrons. The van der Waals surface area contributed by atoms with Gasteiger partial charge in [-0.1, -0.05) is 32.9 Å². The van der Waals surface area contributed by atoms with Crippen LogP contribution in [0.2, 0.25) is 0 Å². The third kappa shape index (κ3) is 3.99. The van der Waals surface area contributed by atoms with Crippen LogP contribution in [0.4, 0.5) is 0 Å². The molecule has 0 radical (unpaired) electrons. The van der Waals surface area contributed by atoms with Gasteiger partial charge in [0.2, 0.25) is 5.91 Å². The van der Waals surface area contributed by atoms with Crippen LogP contribution >= 0.6 is 0 Å². The van der Waals surface area contributed by atoms with Crippen LogP contribution in [-0.4, -0.2) is 38.4 Å². The number of amides is 1. The molecule has 6 heteroatoms. The lowest BCUT2D eigenvalue weighted by atomic mass is 9.94. The number of carboxylic acids is 1. The minimum atomic E-state index is -0.972. The van der Waals surface area contributed by atoms with Crippen molar-refractivity contribution in [2.24, 2.45) is 5.41 Å². The Bertz CT molecular complexity index is 886. The number of carboxylic acid groups (broad SMARTS) is 1. The first-order valence-electron chi connectivity index (χ1n) is 9.17. The molecular weight excluding hydrogens is 342 g/mol. The fourth-order valence-corrected chi connectivity index (χ4v) is 3.47. The van der Waals surface area contributed by atoms with Crippen molar-refractivity contribution in [3.05, 3.63) is 47.4 Å². The third-order valence-electron chi connectivity index (χ3n) is 4.76. The molecule has 3 rings (SSSR count). The molecular formula is C21H25N3O3. The number of aromatic nitrogens is 2. The molecule has 0 spiro atoms. The predicted molar refractivity (Wildman–Crippen MR) is 102 cm³/mol. The van der Waals surface area contributed by atoms with Crippen LogP contribution in [0.15, 0.2) is 30.3 Å². The van der Waals surface area contributed by atoms with E-state index in [1.807, 2.05) is 44.7 Å². The molecule has 0 aliphatic carbocycles. The van der Waals surface area contributed by atoms with Crippen molar-refractivity contribution in [1.82, 2.24) is 14.9 Å². The summed E-state index contributed by atoms with van der Waals surface area (Å²) in [5, 5.41) is 9.23. The van der Waals surface area contributed by atoms with Gasteiger partial charge in [-0.3, -0.25) is 4.79 Å². The molecule has 1 unspecified atom stereocenters. The number of aryl methyl sites for hydroxylation is 1. The van der Waals surface area contributed by atoms with Crippen LogP contribution in [0.5, 0.6) is 0 Å². The average Bonchev–Trinajstić information content (AvgIpc) is 3.09. The lowest BCUT2D eigenvalue weighted by Crippen LogP contribution is -2.39. The molecule has 1 aromatic carbocycles. The van der Waals surface area contributed by atoms with Gasteiger partial charge in [-0.25, -0.2) is 14.8 Å². The average molecular weight is 367 g/mol. The van der Waals surface area contributed by atoms with E-state index in [0.717, 1.165) is 30.6 Å². The molecule has 2 heterocycles. The van der Waals surface area contributed by atoms with E-state index >= 15 is 0 Å². The van der Waals surface area contributed by atoms with Crippen molar-refractivity contribution < 1.29 is 14.7 Å².